The molecule has 104 valence electrons. The molecule has 0 fully saturated rings. The molecule has 2 unspecified atom stereocenters. The molecule has 4 heteroatoms. The van der Waals surface area contributed by atoms with Crippen molar-refractivity contribution in [1.82, 2.24) is 5.32 Å². The Morgan fingerprint density at radius 2 is 2.21 bits per heavy atom. The lowest BCUT2D eigenvalue weighted by molar-refractivity contribution is -0.123. The number of carbonyl (C=O) groups excluding carboxylic acids is 1. The number of hydrogen-bond donors (Lipinski definition) is 2. The fraction of sp³-hybridized carbons (Fsp3) is 0.533. The summed E-state index contributed by atoms with van der Waals surface area (Å²) in [6.07, 6.45) is 1.49. The summed E-state index contributed by atoms with van der Waals surface area (Å²) in [5.41, 5.74) is 6.95. The molecule has 0 aromatic heterocycles. The molecule has 2 rings (SSSR count). The largest absolute Gasteiger partial charge is 0.493 e. The molecule has 2 atom stereocenters. The quantitative estimate of drug-likeness (QED) is 0.872. The van der Waals surface area contributed by atoms with Crippen LogP contribution in [0.2, 0.25) is 0 Å². The van der Waals surface area contributed by atoms with Crippen LogP contribution in [0, 0.1) is 5.92 Å². The van der Waals surface area contributed by atoms with Crippen LogP contribution in [0.15, 0.2) is 24.3 Å². The van der Waals surface area contributed by atoms with E-state index in [1.807, 2.05) is 24.3 Å². The maximum atomic E-state index is 12.1. The van der Waals surface area contributed by atoms with E-state index in [4.69, 9.17) is 10.5 Å². The molecule has 1 aliphatic heterocycles. The Bertz CT molecular complexity index is 446. The van der Waals surface area contributed by atoms with Gasteiger partial charge in [-0.25, -0.2) is 0 Å². The predicted molar refractivity (Wildman–Crippen MR) is 74.9 cm³/mol. The maximum absolute atomic E-state index is 12.1. The highest BCUT2D eigenvalue weighted by molar-refractivity contribution is 5.82. The first-order chi connectivity index (χ1) is 9.08. The first-order valence-electron chi connectivity index (χ1n) is 6.85. The minimum absolute atomic E-state index is 0.00987. The van der Waals surface area contributed by atoms with E-state index >= 15 is 0 Å². The van der Waals surface area contributed by atoms with Crippen molar-refractivity contribution in [2.24, 2.45) is 11.7 Å². The molecule has 19 heavy (non-hydrogen) atoms. The van der Waals surface area contributed by atoms with Crippen LogP contribution in [0.25, 0.3) is 0 Å². The van der Waals surface area contributed by atoms with Crippen LogP contribution < -0.4 is 15.8 Å². The standard InChI is InChI=1S/C15H22N2O2/c1-10(2)9-12(16)15(18)17-13-7-8-19-14-6-4-3-5-11(13)14/h3-6,10,12-13H,7-9,16H2,1-2H3,(H,17,18). The number of hydrogen-bond acceptors (Lipinski definition) is 3. The number of fused-ring (bicyclic) bond motifs is 1. The van der Waals surface area contributed by atoms with E-state index in [1.54, 1.807) is 0 Å². The van der Waals surface area contributed by atoms with Crippen molar-refractivity contribution >= 4 is 5.91 Å². The monoisotopic (exact) mass is 262 g/mol. The van der Waals surface area contributed by atoms with Crippen molar-refractivity contribution in [3.63, 3.8) is 0 Å². The van der Waals surface area contributed by atoms with E-state index in [1.165, 1.54) is 0 Å². The van der Waals surface area contributed by atoms with E-state index in [-0.39, 0.29) is 11.9 Å². The fourth-order valence-corrected chi connectivity index (χ4v) is 2.39. The number of para-hydroxylation sites is 1. The third-order valence-electron chi connectivity index (χ3n) is 3.34. The molecule has 0 aliphatic carbocycles. The predicted octanol–water partition coefficient (Wildman–Crippen LogP) is 2.00. The molecule has 1 aromatic carbocycles. The Morgan fingerprint density at radius 1 is 1.47 bits per heavy atom. The lowest BCUT2D eigenvalue weighted by Crippen LogP contribution is -2.43. The molecule has 0 spiro atoms. The first kappa shape index (κ1) is 13.9. The van der Waals surface area contributed by atoms with Crippen LogP contribution in [-0.4, -0.2) is 18.6 Å². The highest BCUT2D eigenvalue weighted by Crippen LogP contribution is 2.31. The number of benzene rings is 1. The summed E-state index contributed by atoms with van der Waals surface area (Å²) in [6.45, 7) is 4.76. The average molecular weight is 262 g/mol. The number of rotatable bonds is 4. The lowest BCUT2D eigenvalue weighted by atomic mass is 9.99. The summed E-state index contributed by atoms with van der Waals surface area (Å²) in [4.78, 5) is 12.1. The van der Waals surface area contributed by atoms with Gasteiger partial charge >= 0.3 is 0 Å². The summed E-state index contributed by atoms with van der Waals surface area (Å²) in [6, 6.07) is 7.40. The summed E-state index contributed by atoms with van der Waals surface area (Å²) < 4.78 is 5.58. The van der Waals surface area contributed by atoms with Gasteiger partial charge in [0.1, 0.15) is 5.75 Å². The van der Waals surface area contributed by atoms with Gasteiger partial charge < -0.3 is 15.8 Å². The van der Waals surface area contributed by atoms with Crippen molar-refractivity contribution in [2.45, 2.75) is 38.8 Å². The smallest absolute Gasteiger partial charge is 0.237 e. The van der Waals surface area contributed by atoms with Crippen LogP contribution in [0.3, 0.4) is 0 Å². The third-order valence-corrected chi connectivity index (χ3v) is 3.34. The lowest BCUT2D eigenvalue weighted by Gasteiger charge is -2.27. The Labute approximate surface area is 114 Å². The zero-order valence-corrected chi connectivity index (χ0v) is 11.6. The van der Waals surface area contributed by atoms with Crippen molar-refractivity contribution in [3.8, 4) is 5.75 Å². The van der Waals surface area contributed by atoms with E-state index in [0.29, 0.717) is 18.9 Å². The molecule has 4 nitrogen and oxygen atoms in total. The summed E-state index contributed by atoms with van der Waals surface area (Å²) in [7, 11) is 0. The molecule has 0 bridgehead atoms. The molecule has 3 N–H and O–H groups in total. The summed E-state index contributed by atoms with van der Waals surface area (Å²) in [5, 5.41) is 3.04. The second kappa shape index (κ2) is 6.06. The maximum Gasteiger partial charge on any atom is 0.237 e. The van der Waals surface area contributed by atoms with E-state index in [9.17, 15) is 4.79 Å². The average Bonchev–Trinajstić information content (AvgIpc) is 2.38. The highest BCUT2D eigenvalue weighted by Gasteiger charge is 2.24. The topological polar surface area (TPSA) is 64.4 Å². The van der Waals surface area contributed by atoms with Gasteiger partial charge in [-0.15, -0.1) is 0 Å². The van der Waals surface area contributed by atoms with Crippen molar-refractivity contribution in [2.75, 3.05) is 6.61 Å². The molecular weight excluding hydrogens is 240 g/mol. The van der Waals surface area contributed by atoms with Crippen LogP contribution in [0.1, 0.15) is 38.3 Å². The minimum Gasteiger partial charge on any atom is -0.493 e. The SMILES string of the molecule is CC(C)CC(N)C(=O)NC1CCOc2ccccc21. The van der Waals surface area contributed by atoms with Crippen LogP contribution in [-0.2, 0) is 4.79 Å². The zero-order chi connectivity index (χ0) is 13.8. The number of nitrogens with one attached hydrogen (secondary N) is 1. The van der Waals surface area contributed by atoms with Gasteiger partial charge in [-0.1, -0.05) is 32.0 Å². The van der Waals surface area contributed by atoms with Crippen molar-refractivity contribution < 1.29 is 9.53 Å². The van der Waals surface area contributed by atoms with Crippen LogP contribution in [0.5, 0.6) is 5.75 Å². The van der Waals surface area contributed by atoms with Crippen molar-refractivity contribution in [3.05, 3.63) is 29.8 Å². The normalized spacial score (nSPS) is 19.5. The van der Waals surface area contributed by atoms with E-state index in [2.05, 4.69) is 19.2 Å². The second-order valence-corrected chi connectivity index (χ2v) is 5.47. The van der Waals surface area contributed by atoms with Gasteiger partial charge in [0, 0.05) is 12.0 Å². The van der Waals surface area contributed by atoms with Gasteiger partial charge in [0.25, 0.3) is 0 Å². The van der Waals surface area contributed by atoms with Gasteiger partial charge in [0.15, 0.2) is 0 Å². The Kier molecular flexibility index (Phi) is 4.43. The van der Waals surface area contributed by atoms with Gasteiger partial charge in [0.2, 0.25) is 5.91 Å². The molecule has 0 saturated carbocycles. The van der Waals surface area contributed by atoms with Gasteiger partial charge in [-0.05, 0) is 18.4 Å². The van der Waals surface area contributed by atoms with Gasteiger partial charge in [0.05, 0.1) is 18.7 Å². The van der Waals surface area contributed by atoms with Crippen LogP contribution >= 0.6 is 0 Å². The number of ether oxygens (including phenoxy) is 1. The van der Waals surface area contributed by atoms with Gasteiger partial charge in [-0.2, -0.15) is 0 Å². The Balaban J connectivity index is 2.02. The number of carbonyl (C=O) groups is 1. The molecule has 1 aliphatic rings. The highest BCUT2D eigenvalue weighted by atomic mass is 16.5. The molecule has 1 aromatic rings. The molecular formula is C15H22N2O2. The zero-order valence-electron chi connectivity index (χ0n) is 11.6. The summed E-state index contributed by atoms with van der Waals surface area (Å²) in [5.74, 6) is 1.20. The second-order valence-electron chi connectivity index (χ2n) is 5.47. The number of nitrogens with two attached hydrogens (primary N) is 1. The van der Waals surface area contributed by atoms with Gasteiger partial charge in [-0.3, -0.25) is 4.79 Å². The first-order valence-corrected chi connectivity index (χ1v) is 6.85. The fourth-order valence-electron chi connectivity index (χ4n) is 2.39. The molecule has 1 heterocycles. The molecule has 1 amide bonds. The van der Waals surface area contributed by atoms with E-state index in [0.717, 1.165) is 17.7 Å². The number of amides is 1. The third kappa shape index (κ3) is 3.47. The minimum atomic E-state index is -0.435. The summed E-state index contributed by atoms with van der Waals surface area (Å²) >= 11 is 0. The van der Waals surface area contributed by atoms with Crippen molar-refractivity contribution in [1.29, 1.82) is 0 Å². The molecule has 0 saturated heterocycles. The van der Waals surface area contributed by atoms with Crippen LogP contribution in [0.4, 0.5) is 0 Å². The van der Waals surface area contributed by atoms with E-state index < -0.39 is 6.04 Å². The Morgan fingerprint density at radius 3 is 2.95 bits per heavy atom. The Hall–Kier alpha value is -1.55. The molecule has 0 radical (unpaired) electrons.